The third kappa shape index (κ3) is 2.93. The van der Waals surface area contributed by atoms with Gasteiger partial charge in [0.15, 0.2) is 0 Å². The average Bonchev–Trinajstić information content (AvgIpc) is 3.02. The van der Waals surface area contributed by atoms with Crippen molar-refractivity contribution >= 4 is 11.4 Å². The smallest absolute Gasteiger partial charge is 0.251 e. The lowest BCUT2D eigenvalue weighted by molar-refractivity contribution is 0.0954. The lowest BCUT2D eigenvalue weighted by Crippen LogP contribution is -2.25. The van der Waals surface area contributed by atoms with E-state index in [4.69, 9.17) is 4.74 Å². The number of benzene rings is 1. The zero-order valence-electron chi connectivity index (χ0n) is 12.3. The second kappa shape index (κ2) is 6.30. The number of nitrogens with one attached hydrogen (secondary N) is 1. The van der Waals surface area contributed by atoms with Crippen LogP contribution in [0.5, 0.6) is 5.75 Å². The molecule has 3 aromatic rings. The van der Waals surface area contributed by atoms with E-state index in [9.17, 15) is 4.79 Å². The number of hydrogen-bond donors (Lipinski definition) is 1. The zero-order valence-corrected chi connectivity index (χ0v) is 12.3. The van der Waals surface area contributed by atoms with Gasteiger partial charge in [0.25, 0.3) is 5.91 Å². The topological polar surface area (TPSA) is 55.6 Å². The van der Waals surface area contributed by atoms with Crippen LogP contribution in [0, 0.1) is 0 Å². The van der Waals surface area contributed by atoms with Crippen molar-refractivity contribution < 1.29 is 9.53 Å². The number of amides is 1. The number of nitrogens with zero attached hydrogens (tertiary/aromatic N) is 2. The summed E-state index contributed by atoms with van der Waals surface area (Å²) in [6.07, 6.45) is 5.99. The van der Waals surface area contributed by atoms with E-state index in [1.54, 1.807) is 25.7 Å². The van der Waals surface area contributed by atoms with Gasteiger partial charge in [-0.15, -0.1) is 0 Å². The molecule has 0 saturated carbocycles. The van der Waals surface area contributed by atoms with E-state index in [1.165, 1.54) is 0 Å². The number of carbonyl (C=O) groups excluding carboxylic acids is 1. The molecule has 0 aliphatic rings. The van der Waals surface area contributed by atoms with Crippen molar-refractivity contribution in [2.24, 2.45) is 0 Å². The average molecular weight is 295 g/mol. The van der Waals surface area contributed by atoms with Gasteiger partial charge in [0.2, 0.25) is 0 Å². The maximum atomic E-state index is 12.2. The molecule has 1 N–H and O–H groups in total. The number of hydrogen-bond acceptors (Lipinski definition) is 3. The van der Waals surface area contributed by atoms with Crippen LogP contribution in [0.15, 0.2) is 55.1 Å². The molecule has 5 nitrogen and oxygen atoms in total. The first-order chi connectivity index (χ1) is 10.8. The molecule has 0 saturated heterocycles. The fourth-order valence-corrected chi connectivity index (χ4v) is 2.38. The Bertz CT molecular complexity index is 795. The molecule has 0 fully saturated rings. The molecule has 112 valence electrons. The highest BCUT2D eigenvalue weighted by molar-refractivity contribution is 5.95. The van der Waals surface area contributed by atoms with Crippen LogP contribution in [0.2, 0.25) is 0 Å². The normalized spacial score (nSPS) is 10.6. The number of ether oxygens (including phenoxy) is 1. The molecule has 2 heterocycles. The number of aromatic nitrogens is 2. The molecule has 0 aliphatic carbocycles. The number of methoxy groups -OCH3 is 1. The molecule has 2 aromatic heterocycles. The lowest BCUT2D eigenvalue weighted by Gasteiger charge is -2.09. The van der Waals surface area contributed by atoms with Crippen LogP contribution in [-0.2, 0) is 6.42 Å². The van der Waals surface area contributed by atoms with Crippen LogP contribution < -0.4 is 10.1 Å². The van der Waals surface area contributed by atoms with Crippen LogP contribution in [0.25, 0.3) is 5.52 Å². The van der Waals surface area contributed by atoms with Crippen molar-refractivity contribution in [2.45, 2.75) is 6.42 Å². The van der Waals surface area contributed by atoms with Crippen molar-refractivity contribution in [3.8, 4) is 5.75 Å². The minimum atomic E-state index is -0.0846. The van der Waals surface area contributed by atoms with Gasteiger partial charge in [-0.2, -0.15) is 0 Å². The van der Waals surface area contributed by atoms with Crippen molar-refractivity contribution in [3.05, 3.63) is 66.2 Å². The summed E-state index contributed by atoms with van der Waals surface area (Å²) in [4.78, 5) is 16.2. The molecular weight excluding hydrogens is 278 g/mol. The zero-order chi connectivity index (χ0) is 15.4. The van der Waals surface area contributed by atoms with E-state index in [2.05, 4.69) is 10.3 Å². The lowest BCUT2D eigenvalue weighted by atomic mass is 10.1. The summed E-state index contributed by atoms with van der Waals surface area (Å²) in [6, 6.07) is 11.4. The molecule has 22 heavy (non-hydrogen) atoms. The van der Waals surface area contributed by atoms with Gasteiger partial charge in [-0.3, -0.25) is 4.79 Å². The second-order valence-corrected chi connectivity index (χ2v) is 4.96. The molecule has 0 unspecified atom stereocenters. The molecule has 0 radical (unpaired) electrons. The van der Waals surface area contributed by atoms with Crippen molar-refractivity contribution in [1.82, 2.24) is 14.7 Å². The SMILES string of the molecule is COc1ccccc1CCNC(=O)c1ccn2cncc2c1. The van der Waals surface area contributed by atoms with Crippen molar-refractivity contribution in [1.29, 1.82) is 0 Å². The number of para-hydroxylation sites is 1. The molecule has 1 amide bonds. The Morgan fingerprint density at radius 3 is 3.05 bits per heavy atom. The van der Waals surface area contributed by atoms with Crippen LogP contribution in [0.3, 0.4) is 0 Å². The fourth-order valence-electron chi connectivity index (χ4n) is 2.38. The van der Waals surface area contributed by atoms with Crippen molar-refractivity contribution in [2.75, 3.05) is 13.7 Å². The number of carbonyl (C=O) groups is 1. The van der Waals surface area contributed by atoms with E-state index in [0.29, 0.717) is 12.1 Å². The van der Waals surface area contributed by atoms with Gasteiger partial charge < -0.3 is 14.5 Å². The molecular formula is C17H17N3O2. The molecule has 3 rings (SSSR count). The van der Waals surface area contributed by atoms with Crippen LogP contribution in [0.4, 0.5) is 0 Å². The third-order valence-corrected chi connectivity index (χ3v) is 3.55. The summed E-state index contributed by atoms with van der Waals surface area (Å²) < 4.78 is 7.17. The van der Waals surface area contributed by atoms with Crippen LogP contribution >= 0.6 is 0 Å². The predicted octanol–water partition coefficient (Wildman–Crippen LogP) is 2.32. The molecule has 1 aromatic carbocycles. The van der Waals surface area contributed by atoms with Gasteiger partial charge in [-0.05, 0) is 30.2 Å². The Labute approximate surface area is 128 Å². The first kappa shape index (κ1) is 14.1. The van der Waals surface area contributed by atoms with E-state index in [1.807, 2.05) is 40.9 Å². The van der Waals surface area contributed by atoms with Gasteiger partial charge in [-0.25, -0.2) is 4.98 Å². The highest BCUT2D eigenvalue weighted by atomic mass is 16.5. The van der Waals surface area contributed by atoms with E-state index in [0.717, 1.165) is 23.3 Å². The molecule has 0 spiro atoms. The maximum absolute atomic E-state index is 12.2. The molecule has 5 heteroatoms. The van der Waals surface area contributed by atoms with Gasteiger partial charge in [0, 0.05) is 18.3 Å². The fraction of sp³-hybridized carbons (Fsp3) is 0.176. The summed E-state index contributed by atoms with van der Waals surface area (Å²) in [7, 11) is 1.65. The summed E-state index contributed by atoms with van der Waals surface area (Å²) in [6.45, 7) is 0.559. The highest BCUT2D eigenvalue weighted by Gasteiger charge is 2.07. The third-order valence-electron chi connectivity index (χ3n) is 3.55. The van der Waals surface area contributed by atoms with E-state index >= 15 is 0 Å². The number of pyridine rings is 1. The molecule has 0 bridgehead atoms. The Kier molecular flexibility index (Phi) is 4.05. The molecule has 0 atom stereocenters. The second-order valence-electron chi connectivity index (χ2n) is 4.96. The summed E-state index contributed by atoms with van der Waals surface area (Å²) in [5.41, 5.74) is 2.61. The number of imidazole rings is 1. The van der Waals surface area contributed by atoms with Crippen molar-refractivity contribution in [3.63, 3.8) is 0 Å². The largest absolute Gasteiger partial charge is 0.496 e. The first-order valence-corrected chi connectivity index (χ1v) is 7.10. The minimum absolute atomic E-state index is 0.0846. The highest BCUT2D eigenvalue weighted by Crippen LogP contribution is 2.17. The van der Waals surface area contributed by atoms with Gasteiger partial charge >= 0.3 is 0 Å². The van der Waals surface area contributed by atoms with Gasteiger partial charge in [0.05, 0.1) is 25.2 Å². The summed E-state index contributed by atoms with van der Waals surface area (Å²) >= 11 is 0. The quantitative estimate of drug-likeness (QED) is 0.786. The first-order valence-electron chi connectivity index (χ1n) is 7.10. The van der Waals surface area contributed by atoms with Gasteiger partial charge in [-0.1, -0.05) is 18.2 Å². The standard InChI is InChI=1S/C17H17N3O2/c1-22-16-5-3-2-4-13(16)6-8-19-17(21)14-7-9-20-12-18-11-15(20)10-14/h2-5,7,9-12H,6,8H2,1H3,(H,19,21). The molecule has 0 aliphatic heterocycles. The summed E-state index contributed by atoms with van der Waals surface area (Å²) in [5.74, 6) is 0.760. The Morgan fingerprint density at radius 2 is 2.18 bits per heavy atom. The van der Waals surface area contributed by atoms with Crippen LogP contribution in [-0.4, -0.2) is 28.9 Å². The van der Waals surface area contributed by atoms with E-state index < -0.39 is 0 Å². The Morgan fingerprint density at radius 1 is 1.32 bits per heavy atom. The van der Waals surface area contributed by atoms with E-state index in [-0.39, 0.29) is 5.91 Å². The Hall–Kier alpha value is -2.82. The monoisotopic (exact) mass is 295 g/mol. The minimum Gasteiger partial charge on any atom is -0.496 e. The number of fused-ring (bicyclic) bond motifs is 1. The summed E-state index contributed by atoms with van der Waals surface area (Å²) in [5, 5.41) is 2.93. The number of rotatable bonds is 5. The van der Waals surface area contributed by atoms with Gasteiger partial charge in [0.1, 0.15) is 5.75 Å². The maximum Gasteiger partial charge on any atom is 0.251 e. The predicted molar refractivity (Wildman–Crippen MR) is 84.2 cm³/mol. The Balaban J connectivity index is 1.62. The van der Waals surface area contributed by atoms with Crippen LogP contribution in [0.1, 0.15) is 15.9 Å².